The summed E-state index contributed by atoms with van der Waals surface area (Å²) >= 11 is 11.3. The van der Waals surface area contributed by atoms with Gasteiger partial charge in [-0.3, -0.25) is 25.4 Å². The van der Waals surface area contributed by atoms with E-state index in [1.807, 2.05) is 0 Å². The molecule has 0 fully saturated rings. The zero-order valence-corrected chi connectivity index (χ0v) is 11.4. The molecule has 20 heavy (non-hydrogen) atoms. The summed E-state index contributed by atoms with van der Waals surface area (Å²) < 4.78 is 0. The first kappa shape index (κ1) is 14.2. The lowest BCUT2D eigenvalue weighted by Gasteiger charge is -2.06. The van der Waals surface area contributed by atoms with Crippen LogP contribution in [-0.4, -0.2) is 21.8 Å². The standard InChI is InChI=1S/C12H8Cl2N4O2/c13-8-3-4-15-9(5-8)12(20)18-17-11(19)7-1-2-10(14)16-6-7/h1-6H,(H,17,19)(H,18,20). The average Bonchev–Trinajstić information content (AvgIpc) is 2.45. The average molecular weight is 311 g/mol. The van der Waals surface area contributed by atoms with Gasteiger partial charge in [0.05, 0.1) is 5.56 Å². The Hall–Kier alpha value is -2.18. The number of rotatable bonds is 2. The van der Waals surface area contributed by atoms with Crippen LogP contribution in [0.25, 0.3) is 0 Å². The molecular weight excluding hydrogens is 303 g/mol. The molecule has 102 valence electrons. The van der Waals surface area contributed by atoms with E-state index < -0.39 is 11.8 Å². The van der Waals surface area contributed by atoms with Gasteiger partial charge in [-0.15, -0.1) is 0 Å². The SMILES string of the molecule is O=C(NNC(=O)c1cc(Cl)ccn1)c1ccc(Cl)nc1. The smallest absolute Gasteiger partial charge is 0.267 e. The molecule has 0 aliphatic rings. The molecule has 0 unspecified atom stereocenters. The second-order valence-corrected chi connectivity index (χ2v) is 4.46. The van der Waals surface area contributed by atoms with E-state index in [2.05, 4.69) is 20.8 Å². The van der Waals surface area contributed by atoms with Crippen LogP contribution < -0.4 is 10.9 Å². The minimum atomic E-state index is -0.581. The van der Waals surface area contributed by atoms with Crippen molar-refractivity contribution < 1.29 is 9.59 Å². The van der Waals surface area contributed by atoms with Crippen LogP contribution >= 0.6 is 23.2 Å². The maximum absolute atomic E-state index is 11.7. The molecule has 0 aliphatic heterocycles. The highest BCUT2D eigenvalue weighted by Crippen LogP contribution is 2.07. The van der Waals surface area contributed by atoms with Gasteiger partial charge < -0.3 is 0 Å². The molecular formula is C12H8Cl2N4O2. The fourth-order valence-electron chi connectivity index (χ4n) is 1.29. The van der Waals surface area contributed by atoms with Gasteiger partial charge in [0.25, 0.3) is 11.8 Å². The van der Waals surface area contributed by atoms with Crippen LogP contribution in [0.15, 0.2) is 36.7 Å². The predicted molar refractivity (Wildman–Crippen MR) is 73.4 cm³/mol. The van der Waals surface area contributed by atoms with E-state index >= 15 is 0 Å². The summed E-state index contributed by atoms with van der Waals surface area (Å²) in [4.78, 5) is 31.0. The first-order valence-electron chi connectivity index (χ1n) is 5.40. The molecule has 0 spiro atoms. The Kier molecular flexibility index (Phi) is 4.49. The minimum absolute atomic E-state index is 0.0898. The molecule has 2 rings (SSSR count). The van der Waals surface area contributed by atoms with Gasteiger partial charge >= 0.3 is 0 Å². The Morgan fingerprint density at radius 3 is 2.40 bits per heavy atom. The molecule has 2 heterocycles. The van der Waals surface area contributed by atoms with E-state index in [1.165, 1.54) is 36.7 Å². The molecule has 0 saturated heterocycles. The zero-order chi connectivity index (χ0) is 14.5. The molecule has 6 nitrogen and oxygen atoms in total. The van der Waals surface area contributed by atoms with Crippen LogP contribution in [0.4, 0.5) is 0 Å². The lowest BCUT2D eigenvalue weighted by atomic mass is 10.3. The predicted octanol–water partition coefficient (Wildman–Crippen LogP) is 1.86. The van der Waals surface area contributed by atoms with Gasteiger partial charge in [-0.25, -0.2) is 4.98 Å². The number of carbonyl (C=O) groups excluding carboxylic acids is 2. The summed E-state index contributed by atoms with van der Waals surface area (Å²) in [7, 11) is 0. The first-order valence-corrected chi connectivity index (χ1v) is 6.15. The van der Waals surface area contributed by atoms with Gasteiger partial charge in [0.15, 0.2) is 0 Å². The quantitative estimate of drug-likeness (QED) is 0.655. The lowest BCUT2D eigenvalue weighted by molar-refractivity contribution is 0.0844. The number of hydrogen-bond acceptors (Lipinski definition) is 4. The number of pyridine rings is 2. The third kappa shape index (κ3) is 3.66. The van der Waals surface area contributed by atoms with Crippen LogP contribution in [-0.2, 0) is 0 Å². The first-order chi connectivity index (χ1) is 9.56. The monoisotopic (exact) mass is 310 g/mol. The minimum Gasteiger partial charge on any atom is -0.267 e. The molecule has 2 aromatic rings. The molecule has 0 aromatic carbocycles. The molecule has 0 atom stereocenters. The van der Waals surface area contributed by atoms with E-state index in [4.69, 9.17) is 23.2 Å². The fourth-order valence-corrected chi connectivity index (χ4v) is 1.56. The van der Waals surface area contributed by atoms with Gasteiger partial charge in [-0.05, 0) is 24.3 Å². The Labute approximate surface area is 124 Å². The van der Waals surface area contributed by atoms with Crippen molar-refractivity contribution in [3.05, 3.63) is 58.1 Å². The fraction of sp³-hybridized carbons (Fsp3) is 0. The van der Waals surface area contributed by atoms with Crippen molar-refractivity contribution in [2.75, 3.05) is 0 Å². The number of carbonyl (C=O) groups is 2. The maximum Gasteiger partial charge on any atom is 0.288 e. The van der Waals surface area contributed by atoms with Crippen molar-refractivity contribution in [2.24, 2.45) is 0 Å². The van der Waals surface area contributed by atoms with Crippen LogP contribution in [0.3, 0.4) is 0 Å². The molecule has 2 N–H and O–H groups in total. The number of nitrogens with zero attached hydrogens (tertiary/aromatic N) is 2. The van der Waals surface area contributed by atoms with Crippen molar-refractivity contribution >= 4 is 35.0 Å². The van der Waals surface area contributed by atoms with Crippen LogP contribution in [0.1, 0.15) is 20.8 Å². The van der Waals surface area contributed by atoms with E-state index in [9.17, 15) is 9.59 Å². The number of amides is 2. The van der Waals surface area contributed by atoms with Crippen molar-refractivity contribution in [2.45, 2.75) is 0 Å². The third-order valence-corrected chi connectivity index (χ3v) is 2.69. The number of hydrazine groups is 1. The second kappa shape index (κ2) is 6.31. The van der Waals surface area contributed by atoms with Crippen LogP contribution in [0.2, 0.25) is 10.2 Å². The van der Waals surface area contributed by atoms with Gasteiger partial charge in [0.2, 0.25) is 0 Å². The molecule has 0 bridgehead atoms. The van der Waals surface area contributed by atoms with Gasteiger partial charge in [0, 0.05) is 17.4 Å². The lowest BCUT2D eigenvalue weighted by Crippen LogP contribution is -2.41. The highest BCUT2D eigenvalue weighted by Gasteiger charge is 2.10. The van der Waals surface area contributed by atoms with E-state index in [0.717, 1.165) is 0 Å². The summed E-state index contributed by atoms with van der Waals surface area (Å²) in [6.07, 6.45) is 2.68. The zero-order valence-electron chi connectivity index (χ0n) is 9.93. The third-order valence-electron chi connectivity index (χ3n) is 2.23. The Morgan fingerprint density at radius 1 is 1.00 bits per heavy atom. The van der Waals surface area contributed by atoms with Crippen molar-refractivity contribution in [1.82, 2.24) is 20.8 Å². The Bertz CT molecular complexity index is 646. The van der Waals surface area contributed by atoms with Crippen LogP contribution in [0.5, 0.6) is 0 Å². The Morgan fingerprint density at radius 2 is 1.75 bits per heavy atom. The molecule has 8 heteroatoms. The van der Waals surface area contributed by atoms with Gasteiger partial charge in [-0.2, -0.15) is 0 Å². The van der Waals surface area contributed by atoms with Crippen molar-refractivity contribution in [3.63, 3.8) is 0 Å². The topological polar surface area (TPSA) is 84.0 Å². The summed E-state index contributed by atoms with van der Waals surface area (Å²) in [6.45, 7) is 0. The van der Waals surface area contributed by atoms with E-state index in [0.29, 0.717) is 5.02 Å². The Balaban J connectivity index is 1.96. The highest BCUT2D eigenvalue weighted by molar-refractivity contribution is 6.30. The van der Waals surface area contributed by atoms with Crippen molar-refractivity contribution in [1.29, 1.82) is 0 Å². The maximum atomic E-state index is 11.7. The summed E-state index contributed by atoms with van der Waals surface area (Å²) in [5.41, 5.74) is 4.80. The molecule has 0 aliphatic carbocycles. The second-order valence-electron chi connectivity index (χ2n) is 3.64. The molecule has 2 amide bonds. The largest absolute Gasteiger partial charge is 0.288 e. The number of halogens is 2. The number of hydrogen-bond donors (Lipinski definition) is 2. The van der Waals surface area contributed by atoms with Crippen LogP contribution in [0, 0.1) is 0 Å². The normalized spacial score (nSPS) is 9.90. The molecule has 2 aromatic heterocycles. The highest BCUT2D eigenvalue weighted by atomic mass is 35.5. The molecule has 0 saturated carbocycles. The van der Waals surface area contributed by atoms with Crippen molar-refractivity contribution in [3.8, 4) is 0 Å². The number of aromatic nitrogens is 2. The summed E-state index contributed by atoms with van der Waals surface area (Å²) in [5.74, 6) is -1.10. The van der Waals surface area contributed by atoms with E-state index in [-0.39, 0.29) is 16.4 Å². The van der Waals surface area contributed by atoms with Gasteiger partial charge in [-0.1, -0.05) is 23.2 Å². The van der Waals surface area contributed by atoms with Gasteiger partial charge in [0.1, 0.15) is 10.8 Å². The van der Waals surface area contributed by atoms with E-state index in [1.54, 1.807) is 0 Å². The summed E-state index contributed by atoms with van der Waals surface area (Å²) in [5, 5.41) is 0.645. The molecule has 0 radical (unpaired) electrons. The summed E-state index contributed by atoms with van der Waals surface area (Å²) in [6, 6.07) is 5.87. The number of nitrogens with one attached hydrogen (secondary N) is 2.